The highest BCUT2D eigenvalue weighted by Crippen LogP contribution is 2.45. The van der Waals surface area contributed by atoms with E-state index in [1.165, 1.54) is 24.1 Å². The van der Waals surface area contributed by atoms with E-state index in [1.807, 2.05) is 0 Å². The number of hydrogen-bond donors (Lipinski definition) is 2. The smallest absolute Gasteiger partial charge is 0.364 e. The third kappa shape index (κ3) is 3.72. The van der Waals surface area contributed by atoms with Gasteiger partial charge in [0.2, 0.25) is 0 Å². The molecule has 136 valence electrons. The average Bonchev–Trinajstić information content (AvgIpc) is 3.38. The molecule has 1 saturated carbocycles. The van der Waals surface area contributed by atoms with Gasteiger partial charge in [-0.05, 0) is 36.9 Å². The Morgan fingerprint density at radius 2 is 2.08 bits per heavy atom. The second kappa shape index (κ2) is 6.35. The number of hydrogen-bond acceptors (Lipinski definition) is 5. The molecule has 4 nitrogen and oxygen atoms in total. The topological polar surface area (TPSA) is 39.7 Å². The molecule has 1 aromatic carbocycles. The molecule has 2 aliphatic heterocycles. The predicted molar refractivity (Wildman–Crippen MR) is 89.9 cm³/mol. The van der Waals surface area contributed by atoms with Crippen LogP contribution in [0.25, 0.3) is 0 Å². The largest absolute Gasteiger partial charge is 0.391 e. The van der Waals surface area contributed by atoms with E-state index < -0.39 is 24.5 Å². The van der Waals surface area contributed by atoms with Crippen LogP contribution in [0.15, 0.2) is 22.0 Å². The van der Waals surface area contributed by atoms with Gasteiger partial charge >= 0.3 is 6.18 Å². The molecule has 2 N–H and O–H groups in total. The van der Waals surface area contributed by atoms with Gasteiger partial charge in [-0.25, -0.2) is 9.38 Å². The number of benzene rings is 1. The highest BCUT2D eigenvalue weighted by atomic mass is 32.2. The Hall–Kier alpha value is -1.48. The first-order valence-electron chi connectivity index (χ1n) is 8.30. The zero-order chi connectivity index (χ0) is 17.6. The van der Waals surface area contributed by atoms with Gasteiger partial charge < -0.3 is 14.9 Å². The van der Waals surface area contributed by atoms with Gasteiger partial charge in [-0.1, -0.05) is 0 Å². The molecule has 25 heavy (non-hydrogen) atoms. The molecular weight excluding hydrogens is 356 g/mol. The predicted octanol–water partition coefficient (Wildman–Crippen LogP) is 3.61. The molecule has 0 spiro atoms. The minimum Gasteiger partial charge on any atom is -0.364 e. The van der Waals surface area contributed by atoms with Crippen LogP contribution in [0.4, 0.5) is 28.9 Å². The van der Waals surface area contributed by atoms with E-state index in [-0.39, 0.29) is 6.54 Å². The molecular formula is C16H18F4N4S. The monoisotopic (exact) mass is 374 g/mol. The van der Waals surface area contributed by atoms with Crippen LogP contribution in [-0.2, 0) is 0 Å². The van der Waals surface area contributed by atoms with Gasteiger partial charge in [-0.2, -0.15) is 13.2 Å². The SMILES string of the molecule is Fc1cc2c(c(N3CCNCC3CC(F)(F)F)c1)N=C(C1CC1)NS2. The number of alkyl halides is 3. The fraction of sp³-hybridized carbons (Fsp3) is 0.562. The summed E-state index contributed by atoms with van der Waals surface area (Å²) in [6.45, 7) is 1.17. The lowest BCUT2D eigenvalue weighted by molar-refractivity contribution is -0.138. The maximum absolute atomic E-state index is 14.1. The van der Waals surface area contributed by atoms with E-state index >= 15 is 0 Å². The van der Waals surface area contributed by atoms with Crippen molar-refractivity contribution in [1.29, 1.82) is 0 Å². The van der Waals surface area contributed by atoms with Gasteiger partial charge in [-0.3, -0.25) is 0 Å². The van der Waals surface area contributed by atoms with Gasteiger partial charge in [0.05, 0.1) is 23.0 Å². The molecule has 1 atom stereocenters. The van der Waals surface area contributed by atoms with Gasteiger partial charge in [0.1, 0.15) is 17.3 Å². The lowest BCUT2D eigenvalue weighted by Crippen LogP contribution is -2.53. The molecule has 1 aliphatic carbocycles. The summed E-state index contributed by atoms with van der Waals surface area (Å²) in [5, 5.41) is 3.00. The standard InChI is InChI=1S/C16H18F4N4S/c17-10-5-12(24-4-3-21-8-11(24)7-16(18,19)20)14-13(6-10)25-23-15(22-14)9-1-2-9/h5-6,9,11,21H,1-4,7-8H2,(H,22,23). The molecule has 1 saturated heterocycles. The summed E-state index contributed by atoms with van der Waals surface area (Å²) in [5.74, 6) is 0.762. The second-order valence-corrected chi connectivity index (χ2v) is 7.47. The van der Waals surface area contributed by atoms with Crippen LogP contribution in [-0.4, -0.2) is 37.7 Å². The van der Waals surface area contributed by atoms with Crippen LogP contribution < -0.4 is 14.9 Å². The Kier molecular flexibility index (Phi) is 4.31. The maximum Gasteiger partial charge on any atom is 0.391 e. The van der Waals surface area contributed by atoms with E-state index in [4.69, 9.17) is 0 Å². The van der Waals surface area contributed by atoms with Crippen molar-refractivity contribution in [2.24, 2.45) is 10.9 Å². The number of nitrogens with one attached hydrogen (secondary N) is 2. The molecule has 1 unspecified atom stereocenters. The minimum atomic E-state index is -4.27. The van der Waals surface area contributed by atoms with E-state index in [2.05, 4.69) is 15.0 Å². The highest BCUT2D eigenvalue weighted by molar-refractivity contribution is 7.98. The summed E-state index contributed by atoms with van der Waals surface area (Å²) >= 11 is 1.29. The molecule has 0 amide bonds. The molecule has 1 aromatic rings. The Morgan fingerprint density at radius 3 is 2.80 bits per heavy atom. The molecule has 0 aromatic heterocycles. The van der Waals surface area contributed by atoms with E-state index in [9.17, 15) is 17.6 Å². The second-order valence-electron chi connectivity index (χ2n) is 6.62. The number of amidine groups is 1. The first-order chi connectivity index (χ1) is 11.9. The normalized spacial score (nSPS) is 23.8. The summed E-state index contributed by atoms with van der Waals surface area (Å²) in [7, 11) is 0. The zero-order valence-corrected chi connectivity index (χ0v) is 14.2. The number of piperazine rings is 1. The number of aliphatic imine (C=N–C) groups is 1. The molecule has 9 heteroatoms. The van der Waals surface area contributed by atoms with Crippen molar-refractivity contribution < 1.29 is 17.6 Å². The molecule has 2 fully saturated rings. The van der Waals surface area contributed by atoms with E-state index in [0.29, 0.717) is 35.3 Å². The van der Waals surface area contributed by atoms with Crippen LogP contribution in [0, 0.1) is 11.7 Å². The highest BCUT2D eigenvalue weighted by Gasteiger charge is 2.38. The first-order valence-corrected chi connectivity index (χ1v) is 9.11. The van der Waals surface area contributed by atoms with Crippen LogP contribution in [0.3, 0.4) is 0 Å². The number of anilines is 1. The van der Waals surface area contributed by atoms with Crippen molar-refractivity contribution >= 4 is 29.2 Å². The van der Waals surface area contributed by atoms with Crippen molar-refractivity contribution in [3.05, 3.63) is 17.9 Å². The zero-order valence-electron chi connectivity index (χ0n) is 13.4. The van der Waals surface area contributed by atoms with Crippen LogP contribution in [0.1, 0.15) is 19.3 Å². The van der Waals surface area contributed by atoms with Gasteiger partial charge in [0.25, 0.3) is 0 Å². The third-order valence-corrected chi connectivity index (χ3v) is 5.45. The molecule has 0 radical (unpaired) electrons. The number of nitrogens with zero attached hydrogens (tertiary/aromatic N) is 2. The fourth-order valence-corrected chi connectivity index (χ4v) is 4.12. The van der Waals surface area contributed by atoms with Crippen LogP contribution >= 0.6 is 11.9 Å². The summed E-state index contributed by atoms with van der Waals surface area (Å²) in [6, 6.07) is 1.93. The summed E-state index contributed by atoms with van der Waals surface area (Å²) < 4.78 is 56.1. The van der Waals surface area contributed by atoms with Gasteiger partial charge in [0.15, 0.2) is 0 Å². The lowest BCUT2D eigenvalue weighted by Gasteiger charge is -2.39. The Balaban J connectivity index is 1.72. The quantitative estimate of drug-likeness (QED) is 0.626. The molecule has 0 bridgehead atoms. The lowest BCUT2D eigenvalue weighted by atomic mass is 10.1. The number of halogens is 4. The van der Waals surface area contributed by atoms with Crippen molar-refractivity contribution in [3.63, 3.8) is 0 Å². The van der Waals surface area contributed by atoms with Crippen LogP contribution in [0.2, 0.25) is 0 Å². The summed E-state index contributed by atoms with van der Waals surface area (Å²) in [5.41, 5.74) is 1.04. The van der Waals surface area contributed by atoms with Crippen molar-refractivity contribution in [3.8, 4) is 0 Å². The number of rotatable bonds is 3. The Morgan fingerprint density at radius 1 is 1.28 bits per heavy atom. The van der Waals surface area contributed by atoms with Crippen LogP contribution in [0.5, 0.6) is 0 Å². The average molecular weight is 374 g/mol. The van der Waals surface area contributed by atoms with Crippen molar-refractivity contribution in [1.82, 2.24) is 10.0 Å². The summed E-state index contributed by atoms with van der Waals surface area (Å²) in [4.78, 5) is 6.90. The molecule has 3 aliphatic rings. The Labute approximate surface area is 147 Å². The third-order valence-electron chi connectivity index (χ3n) is 4.61. The van der Waals surface area contributed by atoms with E-state index in [1.54, 1.807) is 4.90 Å². The van der Waals surface area contributed by atoms with E-state index in [0.717, 1.165) is 18.7 Å². The summed E-state index contributed by atoms with van der Waals surface area (Å²) in [6.07, 6.45) is -3.09. The Bertz CT molecular complexity index is 702. The van der Waals surface area contributed by atoms with Gasteiger partial charge in [0, 0.05) is 25.6 Å². The van der Waals surface area contributed by atoms with Crippen molar-refractivity contribution in [2.45, 2.75) is 36.4 Å². The molecule has 4 rings (SSSR count). The fourth-order valence-electron chi connectivity index (χ4n) is 3.28. The minimum absolute atomic E-state index is 0.218. The number of fused-ring (bicyclic) bond motifs is 1. The maximum atomic E-state index is 14.1. The van der Waals surface area contributed by atoms with Gasteiger partial charge in [-0.15, -0.1) is 0 Å². The van der Waals surface area contributed by atoms with Crippen molar-refractivity contribution in [2.75, 3.05) is 24.5 Å². The first kappa shape index (κ1) is 17.0. The molecule has 2 heterocycles.